The van der Waals surface area contributed by atoms with E-state index in [9.17, 15) is 9.90 Å². The van der Waals surface area contributed by atoms with Gasteiger partial charge in [-0.15, -0.1) is 0 Å². The molecule has 0 aliphatic carbocycles. The molecule has 0 bridgehead atoms. The molecular formula is C20H23NO2. The van der Waals surface area contributed by atoms with E-state index in [2.05, 4.69) is 12.1 Å². The lowest BCUT2D eigenvalue weighted by atomic mass is 9.92. The van der Waals surface area contributed by atoms with Crippen LogP contribution < -0.4 is 0 Å². The van der Waals surface area contributed by atoms with E-state index < -0.39 is 0 Å². The topological polar surface area (TPSA) is 40.5 Å². The smallest absolute Gasteiger partial charge is 0.253 e. The van der Waals surface area contributed by atoms with E-state index in [0.29, 0.717) is 5.92 Å². The molecule has 0 aromatic heterocycles. The van der Waals surface area contributed by atoms with Gasteiger partial charge in [0, 0.05) is 18.7 Å². The molecule has 1 fully saturated rings. The van der Waals surface area contributed by atoms with Crippen LogP contribution in [0, 0.1) is 5.92 Å². The number of carbonyl (C=O) groups excluding carboxylic acids is 1. The van der Waals surface area contributed by atoms with Crippen LogP contribution in [0.3, 0.4) is 0 Å². The molecule has 1 aliphatic heterocycles. The van der Waals surface area contributed by atoms with Gasteiger partial charge in [0.05, 0.1) is 6.10 Å². The summed E-state index contributed by atoms with van der Waals surface area (Å²) in [5, 5.41) is 9.65. The predicted molar refractivity (Wildman–Crippen MR) is 92.2 cm³/mol. The van der Waals surface area contributed by atoms with E-state index >= 15 is 0 Å². The minimum atomic E-state index is -0.280. The number of hydrogen-bond donors (Lipinski definition) is 1. The van der Waals surface area contributed by atoms with Crippen LogP contribution in [-0.2, 0) is 0 Å². The first-order chi connectivity index (χ1) is 11.1. The SMILES string of the molecule is CC(O)C1CCN(C(=O)c2ccc(-c3ccccc3)cc2)CC1. The molecule has 23 heavy (non-hydrogen) atoms. The molecule has 3 rings (SSSR count). The zero-order valence-electron chi connectivity index (χ0n) is 13.5. The Hall–Kier alpha value is -2.13. The Bertz CT molecular complexity index is 641. The Morgan fingerprint density at radius 3 is 2.13 bits per heavy atom. The van der Waals surface area contributed by atoms with Crippen LogP contribution in [0.5, 0.6) is 0 Å². The van der Waals surface area contributed by atoms with Crippen molar-refractivity contribution in [3.63, 3.8) is 0 Å². The number of likely N-dealkylation sites (tertiary alicyclic amines) is 1. The van der Waals surface area contributed by atoms with Crippen molar-refractivity contribution in [1.82, 2.24) is 4.90 Å². The van der Waals surface area contributed by atoms with Crippen LogP contribution >= 0.6 is 0 Å². The molecule has 1 unspecified atom stereocenters. The zero-order chi connectivity index (χ0) is 16.2. The van der Waals surface area contributed by atoms with Gasteiger partial charge in [0.2, 0.25) is 0 Å². The van der Waals surface area contributed by atoms with Gasteiger partial charge in [-0.25, -0.2) is 0 Å². The summed E-state index contributed by atoms with van der Waals surface area (Å²) in [7, 11) is 0. The number of rotatable bonds is 3. The van der Waals surface area contributed by atoms with Crippen LogP contribution in [0.4, 0.5) is 0 Å². The largest absolute Gasteiger partial charge is 0.393 e. The molecule has 120 valence electrons. The van der Waals surface area contributed by atoms with Crippen molar-refractivity contribution in [2.45, 2.75) is 25.9 Å². The summed E-state index contributed by atoms with van der Waals surface area (Å²) < 4.78 is 0. The van der Waals surface area contributed by atoms with Gasteiger partial charge in [-0.2, -0.15) is 0 Å². The second kappa shape index (κ2) is 6.97. The minimum absolute atomic E-state index is 0.0913. The number of aliphatic hydroxyl groups is 1. The van der Waals surface area contributed by atoms with Crippen molar-refractivity contribution in [2.75, 3.05) is 13.1 Å². The number of amides is 1. The van der Waals surface area contributed by atoms with Gasteiger partial charge < -0.3 is 10.0 Å². The van der Waals surface area contributed by atoms with Gasteiger partial charge in [-0.1, -0.05) is 42.5 Å². The normalized spacial score (nSPS) is 17.0. The number of aliphatic hydroxyl groups excluding tert-OH is 1. The Balaban J connectivity index is 1.67. The van der Waals surface area contributed by atoms with Gasteiger partial charge in [0.15, 0.2) is 0 Å². The molecule has 0 radical (unpaired) electrons. The van der Waals surface area contributed by atoms with E-state index in [-0.39, 0.29) is 12.0 Å². The molecule has 0 saturated carbocycles. The highest BCUT2D eigenvalue weighted by Gasteiger charge is 2.25. The number of carbonyl (C=O) groups is 1. The lowest BCUT2D eigenvalue weighted by molar-refractivity contribution is 0.0521. The van der Waals surface area contributed by atoms with Crippen LogP contribution in [0.1, 0.15) is 30.1 Å². The molecule has 2 aromatic carbocycles. The summed E-state index contributed by atoms with van der Waals surface area (Å²) >= 11 is 0. The average Bonchev–Trinajstić information content (AvgIpc) is 2.62. The minimum Gasteiger partial charge on any atom is -0.393 e. The van der Waals surface area contributed by atoms with E-state index in [1.165, 1.54) is 0 Å². The summed E-state index contributed by atoms with van der Waals surface area (Å²) in [5.74, 6) is 0.410. The summed E-state index contributed by atoms with van der Waals surface area (Å²) in [4.78, 5) is 14.5. The van der Waals surface area contributed by atoms with Gasteiger partial charge in [0.25, 0.3) is 5.91 Å². The van der Waals surface area contributed by atoms with E-state index in [1.807, 2.05) is 54.3 Å². The Morgan fingerprint density at radius 2 is 1.57 bits per heavy atom. The van der Waals surface area contributed by atoms with Crippen LogP contribution in [0.2, 0.25) is 0 Å². The quantitative estimate of drug-likeness (QED) is 0.941. The maximum atomic E-state index is 12.6. The first kappa shape index (κ1) is 15.8. The summed E-state index contributed by atoms with van der Waals surface area (Å²) in [6.45, 7) is 3.30. The van der Waals surface area contributed by atoms with Crippen LogP contribution in [-0.4, -0.2) is 35.1 Å². The lowest BCUT2D eigenvalue weighted by Gasteiger charge is -2.33. The highest BCUT2D eigenvalue weighted by Crippen LogP contribution is 2.23. The van der Waals surface area contributed by atoms with E-state index in [0.717, 1.165) is 42.6 Å². The Labute approximate surface area is 137 Å². The van der Waals surface area contributed by atoms with Crippen molar-refractivity contribution >= 4 is 5.91 Å². The second-order valence-electron chi connectivity index (χ2n) is 6.31. The number of nitrogens with zero attached hydrogens (tertiary/aromatic N) is 1. The van der Waals surface area contributed by atoms with E-state index in [1.54, 1.807) is 0 Å². The summed E-state index contributed by atoms with van der Waals surface area (Å²) in [6.07, 6.45) is 1.48. The highest BCUT2D eigenvalue weighted by atomic mass is 16.3. The molecule has 1 saturated heterocycles. The molecule has 1 atom stereocenters. The summed E-state index contributed by atoms with van der Waals surface area (Å²) in [5.41, 5.74) is 3.01. The predicted octanol–water partition coefficient (Wildman–Crippen LogP) is 3.59. The molecule has 1 amide bonds. The number of piperidine rings is 1. The zero-order valence-corrected chi connectivity index (χ0v) is 13.5. The van der Waals surface area contributed by atoms with Gasteiger partial charge in [-0.05, 0) is 48.9 Å². The fraction of sp³-hybridized carbons (Fsp3) is 0.350. The average molecular weight is 309 g/mol. The number of benzene rings is 2. The van der Waals surface area contributed by atoms with Gasteiger partial charge >= 0.3 is 0 Å². The van der Waals surface area contributed by atoms with Crippen molar-refractivity contribution < 1.29 is 9.90 Å². The van der Waals surface area contributed by atoms with Crippen molar-refractivity contribution in [2.24, 2.45) is 5.92 Å². The van der Waals surface area contributed by atoms with Gasteiger partial charge in [-0.3, -0.25) is 4.79 Å². The molecule has 3 nitrogen and oxygen atoms in total. The fourth-order valence-corrected chi connectivity index (χ4v) is 3.20. The molecule has 2 aromatic rings. The first-order valence-corrected chi connectivity index (χ1v) is 8.28. The monoisotopic (exact) mass is 309 g/mol. The molecule has 3 heteroatoms. The van der Waals surface area contributed by atoms with Crippen LogP contribution in [0.25, 0.3) is 11.1 Å². The van der Waals surface area contributed by atoms with Crippen LogP contribution in [0.15, 0.2) is 54.6 Å². The Kier molecular flexibility index (Phi) is 4.77. The van der Waals surface area contributed by atoms with E-state index in [4.69, 9.17) is 0 Å². The third-order valence-electron chi connectivity index (χ3n) is 4.75. The molecular weight excluding hydrogens is 286 g/mol. The first-order valence-electron chi connectivity index (χ1n) is 8.28. The van der Waals surface area contributed by atoms with Crippen molar-refractivity contribution in [1.29, 1.82) is 0 Å². The molecule has 1 heterocycles. The van der Waals surface area contributed by atoms with Gasteiger partial charge in [0.1, 0.15) is 0 Å². The maximum Gasteiger partial charge on any atom is 0.253 e. The Morgan fingerprint density at radius 1 is 1.00 bits per heavy atom. The molecule has 0 spiro atoms. The third-order valence-corrected chi connectivity index (χ3v) is 4.75. The van der Waals surface area contributed by atoms with Crippen molar-refractivity contribution in [3.05, 3.63) is 60.2 Å². The highest BCUT2D eigenvalue weighted by molar-refractivity contribution is 5.94. The standard InChI is InChI=1S/C20H23NO2/c1-15(22)16-11-13-21(14-12-16)20(23)19-9-7-18(8-10-19)17-5-3-2-4-6-17/h2-10,15-16,22H,11-14H2,1H3. The second-order valence-corrected chi connectivity index (χ2v) is 6.31. The number of hydrogen-bond acceptors (Lipinski definition) is 2. The fourth-order valence-electron chi connectivity index (χ4n) is 3.20. The lowest BCUT2D eigenvalue weighted by Crippen LogP contribution is -2.40. The van der Waals surface area contributed by atoms with Crippen molar-refractivity contribution in [3.8, 4) is 11.1 Å². The molecule has 1 N–H and O–H groups in total. The summed E-state index contributed by atoms with van der Waals surface area (Å²) in [6, 6.07) is 18.0. The third kappa shape index (κ3) is 3.62. The molecule has 1 aliphatic rings. The maximum absolute atomic E-state index is 12.6.